The van der Waals surface area contributed by atoms with E-state index in [4.69, 9.17) is 0 Å². The molecule has 2 heteroatoms. The van der Waals surface area contributed by atoms with E-state index < -0.39 is 0 Å². The van der Waals surface area contributed by atoms with Gasteiger partial charge < -0.3 is 9.88 Å². The van der Waals surface area contributed by atoms with Gasteiger partial charge in [0, 0.05) is 35.9 Å². The van der Waals surface area contributed by atoms with Crippen molar-refractivity contribution in [3.63, 3.8) is 0 Å². The number of hydrogen-bond donors (Lipinski definition) is 1. The highest BCUT2D eigenvalue weighted by atomic mass is 14.9. The second-order valence-corrected chi connectivity index (χ2v) is 5.32. The summed E-state index contributed by atoms with van der Waals surface area (Å²) in [5, 5.41) is 4.95. The van der Waals surface area contributed by atoms with Crippen molar-refractivity contribution >= 4 is 16.6 Å². The molecule has 1 N–H and O–H groups in total. The summed E-state index contributed by atoms with van der Waals surface area (Å²) < 4.78 is 2.16. The van der Waals surface area contributed by atoms with Crippen molar-refractivity contribution in [3.8, 4) is 0 Å². The summed E-state index contributed by atoms with van der Waals surface area (Å²) in [6.07, 6.45) is 6.31. The average Bonchev–Trinajstić information content (AvgIpc) is 2.57. The summed E-state index contributed by atoms with van der Waals surface area (Å²) in [6, 6.07) is 9.42. The molecule has 1 saturated carbocycles. The van der Waals surface area contributed by atoms with Crippen molar-refractivity contribution in [1.29, 1.82) is 0 Å². The molecule has 0 radical (unpaired) electrons. The van der Waals surface area contributed by atoms with Gasteiger partial charge in [0.1, 0.15) is 0 Å². The standard InChI is InChI=1S/C15H20N2/c1-11(12-4-3-5-12)16-14-6-7-15-13(10-14)8-9-17(15)2/h6-12,16H,3-5H2,1-2H3. The van der Waals surface area contributed by atoms with Gasteiger partial charge in [0.2, 0.25) is 0 Å². The summed E-state index contributed by atoms with van der Waals surface area (Å²) in [6.45, 7) is 2.30. The van der Waals surface area contributed by atoms with Crippen LogP contribution in [0.3, 0.4) is 0 Å². The molecule has 90 valence electrons. The van der Waals surface area contributed by atoms with Gasteiger partial charge in [-0.2, -0.15) is 0 Å². The van der Waals surface area contributed by atoms with Crippen LogP contribution in [0.15, 0.2) is 30.5 Å². The number of nitrogens with zero attached hydrogens (tertiary/aromatic N) is 1. The van der Waals surface area contributed by atoms with Gasteiger partial charge in [-0.25, -0.2) is 0 Å². The highest BCUT2D eigenvalue weighted by Crippen LogP contribution is 2.31. The Hall–Kier alpha value is -1.44. The van der Waals surface area contributed by atoms with E-state index in [1.54, 1.807) is 0 Å². The Bertz CT molecular complexity index is 523. The van der Waals surface area contributed by atoms with Crippen LogP contribution in [0.25, 0.3) is 10.9 Å². The van der Waals surface area contributed by atoms with Gasteiger partial charge in [0.15, 0.2) is 0 Å². The normalized spacial score (nSPS) is 18.0. The van der Waals surface area contributed by atoms with E-state index in [1.165, 1.54) is 35.9 Å². The van der Waals surface area contributed by atoms with E-state index in [9.17, 15) is 0 Å². The fourth-order valence-electron chi connectivity index (χ4n) is 2.69. The van der Waals surface area contributed by atoms with E-state index in [0.29, 0.717) is 6.04 Å². The summed E-state index contributed by atoms with van der Waals surface area (Å²) in [7, 11) is 2.09. The molecule has 1 atom stereocenters. The van der Waals surface area contributed by atoms with Crippen molar-refractivity contribution in [1.82, 2.24) is 4.57 Å². The van der Waals surface area contributed by atoms with Crippen molar-refractivity contribution in [2.24, 2.45) is 13.0 Å². The summed E-state index contributed by atoms with van der Waals surface area (Å²) in [4.78, 5) is 0. The second kappa shape index (κ2) is 4.10. The van der Waals surface area contributed by atoms with Crippen LogP contribution >= 0.6 is 0 Å². The van der Waals surface area contributed by atoms with E-state index in [-0.39, 0.29) is 0 Å². The number of nitrogens with one attached hydrogen (secondary N) is 1. The first-order valence-corrected chi connectivity index (χ1v) is 6.55. The summed E-state index contributed by atoms with van der Waals surface area (Å²) >= 11 is 0. The molecule has 0 saturated heterocycles. The molecule has 17 heavy (non-hydrogen) atoms. The molecule has 2 nitrogen and oxygen atoms in total. The smallest absolute Gasteiger partial charge is 0.0479 e. The third-order valence-corrected chi connectivity index (χ3v) is 4.14. The largest absolute Gasteiger partial charge is 0.382 e. The highest BCUT2D eigenvalue weighted by Gasteiger charge is 2.23. The van der Waals surface area contributed by atoms with Crippen LogP contribution < -0.4 is 5.32 Å². The Morgan fingerprint density at radius 2 is 2.12 bits per heavy atom. The fourth-order valence-corrected chi connectivity index (χ4v) is 2.69. The van der Waals surface area contributed by atoms with E-state index in [0.717, 1.165) is 5.92 Å². The Labute approximate surface area is 103 Å². The second-order valence-electron chi connectivity index (χ2n) is 5.32. The Kier molecular flexibility index (Phi) is 2.58. The highest BCUT2D eigenvalue weighted by molar-refractivity contribution is 5.83. The van der Waals surface area contributed by atoms with E-state index >= 15 is 0 Å². The molecule has 1 aliphatic rings. The van der Waals surface area contributed by atoms with Crippen molar-refractivity contribution < 1.29 is 0 Å². The molecule has 1 aromatic carbocycles. The molecule has 2 aromatic rings. The SMILES string of the molecule is CC(Nc1ccc2c(ccn2C)c1)C1CCC1. The number of fused-ring (bicyclic) bond motifs is 1. The van der Waals surface area contributed by atoms with E-state index in [2.05, 4.69) is 54.3 Å². The van der Waals surface area contributed by atoms with Gasteiger partial charge in [-0.15, -0.1) is 0 Å². The predicted octanol–water partition coefficient (Wildman–Crippen LogP) is 3.78. The number of aryl methyl sites for hydroxylation is 1. The number of hydrogen-bond acceptors (Lipinski definition) is 1. The maximum atomic E-state index is 3.64. The zero-order valence-corrected chi connectivity index (χ0v) is 10.6. The molecular weight excluding hydrogens is 208 g/mol. The van der Waals surface area contributed by atoms with Crippen molar-refractivity contribution in [3.05, 3.63) is 30.5 Å². The number of anilines is 1. The lowest BCUT2D eigenvalue weighted by Crippen LogP contribution is -2.30. The molecule has 0 spiro atoms. The number of rotatable bonds is 3. The van der Waals surface area contributed by atoms with Gasteiger partial charge >= 0.3 is 0 Å². The maximum absolute atomic E-state index is 3.64. The topological polar surface area (TPSA) is 17.0 Å². The monoisotopic (exact) mass is 228 g/mol. The zero-order valence-electron chi connectivity index (χ0n) is 10.6. The molecule has 0 bridgehead atoms. The number of benzene rings is 1. The molecular formula is C15H20N2. The minimum absolute atomic E-state index is 0.602. The molecule has 1 fully saturated rings. The van der Waals surface area contributed by atoms with Crippen LogP contribution in [0.5, 0.6) is 0 Å². The third-order valence-electron chi connectivity index (χ3n) is 4.14. The third kappa shape index (κ3) is 1.92. The molecule has 1 aliphatic carbocycles. The van der Waals surface area contributed by atoms with Gasteiger partial charge in [0.05, 0.1) is 0 Å². The lowest BCUT2D eigenvalue weighted by atomic mass is 9.80. The van der Waals surface area contributed by atoms with Crippen LogP contribution in [-0.4, -0.2) is 10.6 Å². The van der Waals surface area contributed by atoms with Crippen LogP contribution in [0.2, 0.25) is 0 Å². The summed E-state index contributed by atoms with van der Waals surface area (Å²) in [5.74, 6) is 0.876. The molecule has 0 aliphatic heterocycles. The van der Waals surface area contributed by atoms with Crippen molar-refractivity contribution in [2.45, 2.75) is 32.2 Å². The van der Waals surface area contributed by atoms with Crippen LogP contribution in [-0.2, 0) is 7.05 Å². The van der Waals surface area contributed by atoms with Crippen LogP contribution in [0.1, 0.15) is 26.2 Å². The first-order valence-electron chi connectivity index (χ1n) is 6.55. The lowest BCUT2D eigenvalue weighted by Gasteiger charge is -2.32. The minimum atomic E-state index is 0.602. The van der Waals surface area contributed by atoms with Crippen LogP contribution in [0, 0.1) is 5.92 Å². The molecule has 3 rings (SSSR count). The van der Waals surface area contributed by atoms with Crippen molar-refractivity contribution in [2.75, 3.05) is 5.32 Å². The Morgan fingerprint density at radius 3 is 2.82 bits per heavy atom. The lowest BCUT2D eigenvalue weighted by molar-refractivity contribution is 0.285. The first kappa shape index (κ1) is 10.7. The molecule has 1 heterocycles. The van der Waals surface area contributed by atoms with Gasteiger partial charge in [-0.3, -0.25) is 0 Å². The molecule has 1 unspecified atom stereocenters. The van der Waals surface area contributed by atoms with Gasteiger partial charge in [-0.05, 0) is 49.9 Å². The Balaban J connectivity index is 1.80. The first-order chi connectivity index (χ1) is 8.24. The summed E-state index contributed by atoms with van der Waals surface area (Å²) in [5.41, 5.74) is 2.55. The quantitative estimate of drug-likeness (QED) is 0.846. The molecule has 1 aromatic heterocycles. The maximum Gasteiger partial charge on any atom is 0.0479 e. The number of aromatic nitrogens is 1. The minimum Gasteiger partial charge on any atom is -0.382 e. The van der Waals surface area contributed by atoms with Crippen LogP contribution in [0.4, 0.5) is 5.69 Å². The van der Waals surface area contributed by atoms with Gasteiger partial charge in [0.25, 0.3) is 0 Å². The average molecular weight is 228 g/mol. The molecule has 0 amide bonds. The zero-order chi connectivity index (χ0) is 11.8. The fraction of sp³-hybridized carbons (Fsp3) is 0.467. The Morgan fingerprint density at radius 1 is 1.29 bits per heavy atom. The van der Waals surface area contributed by atoms with Gasteiger partial charge in [-0.1, -0.05) is 6.42 Å². The van der Waals surface area contributed by atoms with E-state index in [1.807, 2.05) is 0 Å². The predicted molar refractivity (Wildman–Crippen MR) is 73.3 cm³/mol.